The van der Waals surface area contributed by atoms with Crippen molar-refractivity contribution in [2.24, 2.45) is 5.92 Å². The highest BCUT2D eigenvalue weighted by Crippen LogP contribution is 2.26. The molecule has 1 fully saturated rings. The Morgan fingerprint density at radius 3 is 2.44 bits per heavy atom. The lowest BCUT2D eigenvalue weighted by molar-refractivity contribution is -0.143. The standard InChI is InChI=1S/C16H17ClN2O6/c17-10-1-3-11(4-2-10)19-8-9(7-13(19)20)15(23)18-12(16(24)25)5-6-14(21)22/h1-4,9,12H,5-8H2,(H,18,23)(H,21,22)(H,24,25)/t9?,12-/m0/s1. The molecule has 2 atom stereocenters. The molecule has 9 heteroatoms. The largest absolute Gasteiger partial charge is 0.481 e. The van der Waals surface area contributed by atoms with Crippen molar-refractivity contribution >= 4 is 41.0 Å². The molecule has 0 aromatic heterocycles. The average molecular weight is 369 g/mol. The van der Waals surface area contributed by atoms with Gasteiger partial charge in [-0.2, -0.15) is 0 Å². The minimum absolute atomic E-state index is 0.0419. The molecule has 8 nitrogen and oxygen atoms in total. The lowest BCUT2D eigenvalue weighted by Gasteiger charge is -2.18. The Labute approximate surface area is 148 Å². The third-order valence-corrected chi connectivity index (χ3v) is 4.15. The predicted octanol–water partition coefficient (Wildman–Crippen LogP) is 1.13. The van der Waals surface area contributed by atoms with Crippen molar-refractivity contribution in [3.8, 4) is 0 Å². The number of halogens is 1. The summed E-state index contributed by atoms with van der Waals surface area (Å²) >= 11 is 5.81. The second-order valence-corrected chi connectivity index (χ2v) is 6.15. The molecule has 0 aliphatic carbocycles. The molecule has 25 heavy (non-hydrogen) atoms. The van der Waals surface area contributed by atoms with Crippen LogP contribution in [0.2, 0.25) is 5.02 Å². The first kappa shape index (κ1) is 18.7. The summed E-state index contributed by atoms with van der Waals surface area (Å²) in [6.07, 6.45) is -0.643. The van der Waals surface area contributed by atoms with Crippen molar-refractivity contribution < 1.29 is 29.4 Å². The summed E-state index contributed by atoms with van der Waals surface area (Å²) in [6.45, 7) is 0.123. The van der Waals surface area contributed by atoms with Crippen LogP contribution >= 0.6 is 11.6 Å². The Kier molecular flexibility index (Phi) is 5.97. The number of amides is 2. The number of benzene rings is 1. The van der Waals surface area contributed by atoms with Gasteiger partial charge >= 0.3 is 11.9 Å². The fourth-order valence-corrected chi connectivity index (χ4v) is 2.69. The highest BCUT2D eigenvalue weighted by molar-refractivity contribution is 6.30. The number of nitrogens with one attached hydrogen (secondary N) is 1. The van der Waals surface area contributed by atoms with E-state index < -0.39 is 29.8 Å². The van der Waals surface area contributed by atoms with Crippen molar-refractivity contribution in [1.82, 2.24) is 5.32 Å². The van der Waals surface area contributed by atoms with Crippen molar-refractivity contribution in [1.29, 1.82) is 0 Å². The van der Waals surface area contributed by atoms with E-state index in [4.69, 9.17) is 21.8 Å². The molecule has 0 saturated carbocycles. The Balaban J connectivity index is 2.00. The van der Waals surface area contributed by atoms with Gasteiger partial charge in [-0.05, 0) is 30.7 Å². The normalized spacial score (nSPS) is 18.0. The summed E-state index contributed by atoms with van der Waals surface area (Å²) in [7, 11) is 0. The molecule has 3 N–H and O–H groups in total. The molecule has 2 amide bonds. The number of nitrogens with zero attached hydrogens (tertiary/aromatic N) is 1. The van der Waals surface area contributed by atoms with Crippen LogP contribution in [0.25, 0.3) is 0 Å². The summed E-state index contributed by atoms with van der Waals surface area (Å²) in [5, 5.41) is 20.6. The molecular weight excluding hydrogens is 352 g/mol. The first-order valence-corrected chi connectivity index (χ1v) is 7.96. The lowest BCUT2D eigenvalue weighted by atomic mass is 10.1. The SMILES string of the molecule is O=C(O)CC[C@H](NC(=O)C1CC(=O)N(c2ccc(Cl)cc2)C1)C(=O)O. The minimum atomic E-state index is -1.31. The van der Waals surface area contributed by atoms with Gasteiger partial charge in [0.15, 0.2) is 0 Å². The summed E-state index contributed by atoms with van der Waals surface area (Å²) in [5.74, 6) is -3.99. The Bertz CT molecular complexity index is 690. The van der Waals surface area contributed by atoms with E-state index in [1.165, 1.54) is 4.90 Å². The molecule has 1 heterocycles. The van der Waals surface area contributed by atoms with E-state index in [2.05, 4.69) is 5.32 Å². The minimum Gasteiger partial charge on any atom is -0.481 e. The fraction of sp³-hybridized carbons (Fsp3) is 0.375. The molecular formula is C16H17ClN2O6. The lowest BCUT2D eigenvalue weighted by Crippen LogP contribution is -2.44. The summed E-state index contributed by atoms with van der Waals surface area (Å²) in [5.41, 5.74) is 0.602. The van der Waals surface area contributed by atoms with E-state index in [0.29, 0.717) is 10.7 Å². The Morgan fingerprint density at radius 1 is 1.24 bits per heavy atom. The third kappa shape index (κ3) is 4.93. The highest BCUT2D eigenvalue weighted by atomic mass is 35.5. The van der Waals surface area contributed by atoms with Crippen LogP contribution in [0, 0.1) is 5.92 Å². The molecule has 1 aliphatic heterocycles. The van der Waals surface area contributed by atoms with Crippen LogP contribution in [0.4, 0.5) is 5.69 Å². The predicted molar refractivity (Wildman–Crippen MR) is 88.3 cm³/mol. The van der Waals surface area contributed by atoms with Crippen LogP contribution in [0.3, 0.4) is 0 Å². The van der Waals surface area contributed by atoms with Gasteiger partial charge in [0, 0.05) is 30.1 Å². The maximum absolute atomic E-state index is 12.3. The van der Waals surface area contributed by atoms with E-state index in [9.17, 15) is 19.2 Å². The molecule has 1 unspecified atom stereocenters. The summed E-state index contributed by atoms with van der Waals surface area (Å²) < 4.78 is 0. The number of hydrogen-bond acceptors (Lipinski definition) is 4. The fourth-order valence-electron chi connectivity index (χ4n) is 2.57. The van der Waals surface area contributed by atoms with Gasteiger partial charge in [0.25, 0.3) is 0 Å². The smallest absolute Gasteiger partial charge is 0.326 e. The quantitative estimate of drug-likeness (QED) is 0.662. The third-order valence-electron chi connectivity index (χ3n) is 3.90. The number of carboxylic acids is 2. The molecule has 0 radical (unpaired) electrons. The topological polar surface area (TPSA) is 124 Å². The molecule has 0 bridgehead atoms. The number of hydrogen-bond donors (Lipinski definition) is 3. The van der Waals surface area contributed by atoms with Gasteiger partial charge in [0.1, 0.15) is 6.04 Å². The van der Waals surface area contributed by atoms with E-state index in [-0.39, 0.29) is 31.7 Å². The van der Waals surface area contributed by atoms with E-state index in [0.717, 1.165) is 0 Å². The second kappa shape index (κ2) is 7.98. The first-order chi connectivity index (χ1) is 11.8. The van der Waals surface area contributed by atoms with Crippen LogP contribution in [-0.2, 0) is 19.2 Å². The molecule has 134 valence electrons. The first-order valence-electron chi connectivity index (χ1n) is 7.59. The van der Waals surface area contributed by atoms with Crippen LogP contribution in [-0.4, -0.2) is 46.6 Å². The number of carboxylic acid groups (broad SMARTS) is 2. The average Bonchev–Trinajstić information content (AvgIpc) is 2.93. The Morgan fingerprint density at radius 2 is 1.88 bits per heavy atom. The number of carbonyl (C=O) groups is 4. The van der Waals surface area contributed by atoms with E-state index in [1.54, 1.807) is 24.3 Å². The molecule has 1 saturated heterocycles. The molecule has 1 aromatic rings. The van der Waals surface area contributed by atoms with Crippen LogP contribution in [0.15, 0.2) is 24.3 Å². The Hall–Kier alpha value is -2.61. The number of carbonyl (C=O) groups excluding carboxylic acids is 2. The maximum atomic E-state index is 12.3. The zero-order chi connectivity index (χ0) is 18.6. The van der Waals surface area contributed by atoms with Gasteiger partial charge in [-0.25, -0.2) is 4.79 Å². The summed E-state index contributed by atoms with van der Waals surface area (Å²) in [6, 6.07) is 5.28. The monoisotopic (exact) mass is 368 g/mol. The molecule has 1 aromatic carbocycles. The van der Waals surface area contributed by atoms with Crippen LogP contribution < -0.4 is 10.2 Å². The molecule has 2 rings (SSSR count). The van der Waals surface area contributed by atoms with Gasteiger partial charge < -0.3 is 20.4 Å². The zero-order valence-electron chi connectivity index (χ0n) is 13.1. The molecule has 1 aliphatic rings. The summed E-state index contributed by atoms with van der Waals surface area (Å²) in [4.78, 5) is 47.5. The van der Waals surface area contributed by atoms with E-state index in [1.807, 2.05) is 0 Å². The van der Waals surface area contributed by atoms with Crippen molar-refractivity contribution in [3.05, 3.63) is 29.3 Å². The van der Waals surface area contributed by atoms with Gasteiger partial charge in [-0.1, -0.05) is 11.6 Å². The van der Waals surface area contributed by atoms with E-state index >= 15 is 0 Å². The van der Waals surface area contributed by atoms with Gasteiger partial charge in [0.2, 0.25) is 11.8 Å². The van der Waals surface area contributed by atoms with Crippen LogP contribution in [0.1, 0.15) is 19.3 Å². The van der Waals surface area contributed by atoms with Crippen molar-refractivity contribution in [2.75, 3.05) is 11.4 Å². The maximum Gasteiger partial charge on any atom is 0.326 e. The van der Waals surface area contributed by atoms with Crippen molar-refractivity contribution in [3.63, 3.8) is 0 Å². The molecule has 0 spiro atoms. The zero-order valence-corrected chi connectivity index (χ0v) is 13.9. The second-order valence-electron chi connectivity index (χ2n) is 5.71. The number of anilines is 1. The number of rotatable bonds is 7. The van der Waals surface area contributed by atoms with Crippen LogP contribution in [0.5, 0.6) is 0 Å². The highest BCUT2D eigenvalue weighted by Gasteiger charge is 2.36. The van der Waals surface area contributed by atoms with Gasteiger partial charge in [-0.3, -0.25) is 14.4 Å². The number of aliphatic carboxylic acids is 2. The van der Waals surface area contributed by atoms with Gasteiger partial charge in [0.05, 0.1) is 5.92 Å². The van der Waals surface area contributed by atoms with Gasteiger partial charge in [-0.15, -0.1) is 0 Å². The van der Waals surface area contributed by atoms with Crippen molar-refractivity contribution in [2.45, 2.75) is 25.3 Å².